The van der Waals surface area contributed by atoms with Gasteiger partial charge in [0.15, 0.2) is 0 Å². The largest absolute Gasteiger partial charge is 0.332 e. The molecule has 2 N–H and O–H groups in total. The Balaban J connectivity index is 2.12. The molecule has 0 unspecified atom stereocenters. The van der Waals surface area contributed by atoms with Crippen LogP contribution in [0.2, 0.25) is 5.02 Å². The van der Waals surface area contributed by atoms with E-state index in [2.05, 4.69) is 10.0 Å². The van der Waals surface area contributed by atoms with Crippen LogP contribution >= 0.6 is 11.6 Å². The Morgan fingerprint density at radius 3 is 2.29 bits per heavy atom. The maximum atomic E-state index is 12.6. The Kier molecular flexibility index (Phi) is 6.69. The Bertz CT molecular complexity index is 1000. The van der Waals surface area contributed by atoms with Crippen molar-refractivity contribution >= 4 is 44.8 Å². The van der Waals surface area contributed by atoms with Gasteiger partial charge in [0, 0.05) is 18.3 Å². The number of hydrogen-bond donors (Lipinski definition) is 2. The monoisotopic (exact) mass is 423 g/mol. The topological polar surface area (TPSA) is 95.6 Å². The number of sulfonamides is 1. The van der Waals surface area contributed by atoms with Gasteiger partial charge in [-0.25, -0.2) is 8.42 Å². The van der Waals surface area contributed by atoms with Gasteiger partial charge in [0.1, 0.15) is 0 Å². The highest BCUT2D eigenvalue weighted by molar-refractivity contribution is 7.92. The van der Waals surface area contributed by atoms with Crippen molar-refractivity contribution in [3.05, 3.63) is 58.1 Å². The number of para-hydroxylation sites is 1. The molecule has 0 aliphatic carbocycles. The molecule has 0 aromatic heterocycles. The highest BCUT2D eigenvalue weighted by Crippen LogP contribution is 2.24. The number of nitrogens with one attached hydrogen (secondary N) is 2. The molecule has 7 nitrogen and oxygen atoms in total. The molecule has 2 aromatic carbocycles. The van der Waals surface area contributed by atoms with E-state index in [-0.39, 0.29) is 28.7 Å². The first-order valence-corrected chi connectivity index (χ1v) is 10.6. The molecule has 0 radical (unpaired) electrons. The zero-order chi connectivity index (χ0) is 21.1. The van der Waals surface area contributed by atoms with Gasteiger partial charge in [-0.05, 0) is 43.2 Å². The summed E-state index contributed by atoms with van der Waals surface area (Å²) >= 11 is 5.97. The molecule has 9 heteroatoms. The predicted octanol–water partition coefficient (Wildman–Crippen LogP) is 3.04. The van der Waals surface area contributed by atoms with Crippen molar-refractivity contribution in [3.8, 4) is 0 Å². The van der Waals surface area contributed by atoms with E-state index in [1.807, 2.05) is 32.0 Å². The second kappa shape index (κ2) is 8.62. The van der Waals surface area contributed by atoms with Gasteiger partial charge in [-0.1, -0.05) is 29.8 Å². The molecule has 0 aliphatic rings. The summed E-state index contributed by atoms with van der Waals surface area (Å²) in [7, 11) is -2.06. The van der Waals surface area contributed by atoms with Crippen LogP contribution in [0.5, 0.6) is 0 Å². The number of halogens is 1. The van der Waals surface area contributed by atoms with Crippen LogP contribution < -0.4 is 10.0 Å². The van der Waals surface area contributed by atoms with Gasteiger partial charge < -0.3 is 10.2 Å². The lowest BCUT2D eigenvalue weighted by atomic mass is 10.1. The third kappa shape index (κ3) is 5.71. The van der Waals surface area contributed by atoms with E-state index in [4.69, 9.17) is 11.6 Å². The first kappa shape index (κ1) is 21.7. The average Bonchev–Trinajstić information content (AvgIpc) is 2.58. The minimum atomic E-state index is -3.55. The Hall–Kier alpha value is -2.58. The maximum absolute atomic E-state index is 12.6. The van der Waals surface area contributed by atoms with E-state index >= 15 is 0 Å². The summed E-state index contributed by atoms with van der Waals surface area (Å²) in [6, 6.07) is 9.91. The van der Waals surface area contributed by atoms with E-state index < -0.39 is 15.9 Å². The van der Waals surface area contributed by atoms with E-state index in [0.717, 1.165) is 23.1 Å². The molecule has 0 atom stereocenters. The number of amides is 2. The van der Waals surface area contributed by atoms with Gasteiger partial charge >= 0.3 is 0 Å². The molecule has 0 saturated carbocycles. The molecule has 0 aliphatic heterocycles. The van der Waals surface area contributed by atoms with Crippen LogP contribution in [0.1, 0.15) is 21.5 Å². The molecule has 0 fully saturated rings. The van der Waals surface area contributed by atoms with E-state index in [1.54, 1.807) is 0 Å². The van der Waals surface area contributed by atoms with Crippen molar-refractivity contribution < 1.29 is 18.0 Å². The summed E-state index contributed by atoms with van der Waals surface area (Å²) in [6.07, 6.45) is 0.988. The number of nitrogens with zero attached hydrogens (tertiary/aromatic N) is 1. The SMILES string of the molecule is Cc1cccc(C)c1NC(=O)CN(C)C(=O)c1ccc(Cl)c(NS(C)(=O)=O)c1. The standard InChI is InChI=1S/C19H22ClN3O4S/c1-12-6-5-7-13(2)18(12)21-17(24)11-23(3)19(25)14-8-9-15(20)16(10-14)22-28(4,26)27/h5-10,22H,11H2,1-4H3,(H,21,24). The van der Waals surface area contributed by atoms with Crippen LogP contribution in [-0.4, -0.2) is 45.0 Å². The zero-order valence-corrected chi connectivity index (χ0v) is 17.6. The fourth-order valence-electron chi connectivity index (χ4n) is 2.63. The average molecular weight is 424 g/mol. The number of anilines is 2. The maximum Gasteiger partial charge on any atom is 0.254 e. The zero-order valence-electron chi connectivity index (χ0n) is 16.0. The van der Waals surface area contributed by atoms with Crippen LogP contribution in [0.3, 0.4) is 0 Å². The fraction of sp³-hybridized carbons (Fsp3) is 0.263. The summed E-state index contributed by atoms with van der Waals surface area (Å²) in [6.45, 7) is 3.62. The molecule has 0 spiro atoms. The summed E-state index contributed by atoms with van der Waals surface area (Å²) in [4.78, 5) is 26.2. The third-order valence-corrected chi connectivity index (χ3v) is 4.90. The Labute approximate surface area is 169 Å². The lowest BCUT2D eigenvalue weighted by molar-refractivity contribution is -0.116. The highest BCUT2D eigenvalue weighted by Gasteiger charge is 2.18. The van der Waals surface area contributed by atoms with Crippen molar-refractivity contribution in [2.75, 3.05) is 29.9 Å². The van der Waals surface area contributed by atoms with Gasteiger partial charge in [-0.2, -0.15) is 0 Å². The van der Waals surface area contributed by atoms with Gasteiger partial charge in [0.05, 0.1) is 23.5 Å². The summed E-state index contributed by atoms with van der Waals surface area (Å²) in [5, 5.41) is 2.99. The van der Waals surface area contributed by atoms with Crippen LogP contribution in [0, 0.1) is 13.8 Å². The second-order valence-electron chi connectivity index (χ2n) is 6.55. The van der Waals surface area contributed by atoms with Gasteiger partial charge in [-0.15, -0.1) is 0 Å². The minimum absolute atomic E-state index is 0.100. The molecule has 28 heavy (non-hydrogen) atoms. The number of aryl methyl sites for hydroxylation is 2. The molecule has 2 rings (SSSR count). The Morgan fingerprint density at radius 2 is 1.71 bits per heavy atom. The quantitative estimate of drug-likeness (QED) is 0.746. The normalized spacial score (nSPS) is 11.0. The van der Waals surface area contributed by atoms with Crippen LogP contribution in [0.15, 0.2) is 36.4 Å². The number of benzene rings is 2. The van der Waals surface area contributed by atoms with Crippen LogP contribution in [0.4, 0.5) is 11.4 Å². The minimum Gasteiger partial charge on any atom is -0.332 e. The molecule has 0 saturated heterocycles. The second-order valence-corrected chi connectivity index (χ2v) is 8.70. The van der Waals surface area contributed by atoms with Crippen molar-refractivity contribution in [1.82, 2.24) is 4.90 Å². The van der Waals surface area contributed by atoms with Crippen LogP contribution in [-0.2, 0) is 14.8 Å². The lowest BCUT2D eigenvalue weighted by Gasteiger charge is -2.19. The predicted molar refractivity (Wildman–Crippen MR) is 111 cm³/mol. The molecule has 0 heterocycles. The summed E-state index contributed by atoms with van der Waals surface area (Å²) in [5.74, 6) is -0.776. The molecule has 150 valence electrons. The van der Waals surface area contributed by atoms with Gasteiger partial charge in [-0.3, -0.25) is 14.3 Å². The molecular weight excluding hydrogens is 402 g/mol. The van der Waals surface area contributed by atoms with E-state index in [0.29, 0.717) is 0 Å². The number of likely N-dealkylation sites (N-methyl/N-ethyl adjacent to an activating group) is 1. The van der Waals surface area contributed by atoms with Gasteiger partial charge in [0.2, 0.25) is 15.9 Å². The van der Waals surface area contributed by atoms with Gasteiger partial charge in [0.25, 0.3) is 5.91 Å². The van der Waals surface area contributed by atoms with Crippen molar-refractivity contribution in [1.29, 1.82) is 0 Å². The Morgan fingerprint density at radius 1 is 1.11 bits per heavy atom. The first-order chi connectivity index (χ1) is 13.0. The van der Waals surface area contributed by atoms with Crippen molar-refractivity contribution in [3.63, 3.8) is 0 Å². The molecule has 0 bridgehead atoms. The lowest BCUT2D eigenvalue weighted by Crippen LogP contribution is -2.35. The first-order valence-electron chi connectivity index (χ1n) is 8.37. The summed E-state index contributed by atoms with van der Waals surface area (Å²) in [5.41, 5.74) is 2.88. The third-order valence-electron chi connectivity index (χ3n) is 3.98. The van der Waals surface area contributed by atoms with E-state index in [9.17, 15) is 18.0 Å². The highest BCUT2D eigenvalue weighted by atomic mass is 35.5. The van der Waals surface area contributed by atoms with Crippen molar-refractivity contribution in [2.24, 2.45) is 0 Å². The number of rotatable bonds is 6. The van der Waals surface area contributed by atoms with Crippen LogP contribution in [0.25, 0.3) is 0 Å². The number of hydrogen-bond acceptors (Lipinski definition) is 4. The molecular formula is C19H22ClN3O4S. The fourth-order valence-corrected chi connectivity index (χ4v) is 3.42. The molecule has 2 amide bonds. The number of carbonyl (C=O) groups is 2. The van der Waals surface area contributed by atoms with E-state index in [1.165, 1.54) is 30.1 Å². The number of carbonyl (C=O) groups excluding carboxylic acids is 2. The smallest absolute Gasteiger partial charge is 0.254 e. The molecule has 2 aromatic rings. The van der Waals surface area contributed by atoms with Crippen molar-refractivity contribution in [2.45, 2.75) is 13.8 Å². The summed E-state index contributed by atoms with van der Waals surface area (Å²) < 4.78 is 25.1.